The minimum atomic E-state index is -2.10. The van der Waals surface area contributed by atoms with Gasteiger partial charge in [0.25, 0.3) is 0 Å². The van der Waals surface area contributed by atoms with Crippen molar-refractivity contribution in [2.45, 2.75) is 96.3 Å². The quantitative estimate of drug-likeness (QED) is 0.317. The lowest BCUT2D eigenvalue weighted by Crippen LogP contribution is -2.25. The van der Waals surface area contributed by atoms with E-state index in [4.69, 9.17) is 0 Å². The molecule has 2 fully saturated rings. The first-order chi connectivity index (χ1) is 12.7. The highest BCUT2D eigenvalue weighted by Crippen LogP contribution is 2.44. The van der Waals surface area contributed by atoms with Crippen LogP contribution in [-0.4, -0.2) is 6.43 Å². The van der Waals surface area contributed by atoms with Crippen LogP contribution in [0.25, 0.3) is 0 Å². The van der Waals surface area contributed by atoms with Crippen molar-refractivity contribution in [3.05, 3.63) is 24.3 Å². The van der Waals surface area contributed by atoms with Crippen LogP contribution in [0.15, 0.2) is 24.3 Å². The van der Waals surface area contributed by atoms with Crippen molar-refractivity contribution in [1.29, 1.82) is 0 Å². The molecule has 1 atom stereocenters. The molecule has 0 nitrogen and oxygen atoms in total. The van der Waals surface area contributed by atoms with Crippen molar-refractivity contribution in [3.63, 3.8) is 0 Å². The fourth-order valence-corrected chi connectivity index (χ4v) is 5.91. The maximum atomic E-state index is 12.8. The summed E-state index contributed by atoms with van der Waals surface area (Å²) in [6.45, 7) is 3.83. The molecule has 2 heteroatoms. The molecule has 0 spiro atoms. The molecule has 0 saturated heterocycles. The highest BCUT2D eigenvalue weighted by Gasteiger charge is 2.32. The molecule has 0 aromatic heterocycles. The number of hydrogen-bond acceptors (Lipinski definition) is 0. The van der Waals surface area contributed by atoms with Crippen LogP contribution in [0.1, 0.15) is 89.9 Å². The van der Waals surface area contributed by atoms with Gasteiger partial charge in [0.1, 0.15) is 0 Å². The molecule has 3 aliphatic rings. The summed E-state index contributed by atoms with van der Waals surface area (Å²) in [5.74, 6) is 3.09. The van der Waals surface area contributed by atoms with E-state index in [-0.39, 0.29) is 5.92 Å². The van der Waals surface area contributed by atoms with Crippen LogP contribution in [0.2, 0.25) is 0 Å². The van der Waals surface area contributed by atoms with Gasteiger partial charge >= 0.3 is 0 Å². The summed E-state index contributed by atoms with van der Waals surface area (Å²) >= 11 is 0. The molecule has 26 heavy (non-hydrogen) atoms. The number of hydrogen-bond donors (Lipinski definition) is 0. The third-order valence-corrected chi connectivity index (χ3v) is 7.72. The molecule has 0 heterocycles. The average Bonchev–Trinajstić information content (AvgIpc) is 2.69. The van der Waals surface area contributed by atoms with Crippen LogP contribution in [-0.2, 0) is 0 Å². The second-order valence-electron chi connectivity index (χ2n) is 9.26. The van der Waals surface area contributed by atoms with Gasteiger partial charge in [0.05, 0.1) is 0 Å². The van der Waals surface area contributed by atoms with Gasteiger partial charge < -0.3 is 0 Å². The number of allylic oxidation sites excluding steroid dienone is 3. The van der Waals surface area contributed by atoms with Gasteiger partial charge in [-0.3, -0.25) is 0 Å². The second-order valence-corrected chi connectivity index (χ2v) is 9.26. The van der Waals surface area contributed by atoms with Gasteiger partial charge in [-0.25, -0.2) is 8.78 Å². The Morgan fingerprint density at radius 2 is 1.69 bits per heavy atom. The Labute approximate surface area is 159 Å². The van der Waals surface area contributed by atoms with Crippen LogP contribution >= 0.6 is 0 Å². The van der Waals surface area contributed by atoms with Crippen LogP contribution in [0.5, 0.6) is 0 Å². The molecule has 0 bridgehead atoms. The maximum absolute atomic E-state index is 12.8. The van der Waals surface area contributed by atoms with Crippen molar-refractivity contribution in [1.82, 2.24) is 0 Å². The van der Waals surface area contributed by atoms with E-state index in [1.165, 1.54) is 64.2 Å². The van der Waals surface area contributed by atoms with Crippen LogP contribution in [0.4, 0.5) is 8.78 Å². The lowest BCUT2D eigenvalue weighted by Gasteiger charge is -2.37. The number of rotatable bonds is 7. The standard InChI is InChI=1S/C24H38F2/c1-2-3-4-5-18-6-8-19(9-7-18)20-10-12-21(13-11-20)22-14-16-23(17-15-22)24(25)26/h2,12,18-20,22-24H,1,3-11,13-17H2. The summed E-state index contributed by atoms with van der Waals surface area (Å²) < 4.78 is 25.7. The van der Waals surface area contributed by atoms with Gasteiger partial charge in [-0.05, 0) is 94.3 Å². The van der Waals surface area contributed by atoms with Crippen molar-refractivity contribution in [2.75, 3.05) is 0 Å². The van der Waals surface area contributed by atoms with Gasteiger partial charge in [0, 0.05) is 5.92 Å². The first-order valence-electron chi connectivity index (χ1n) is 11.2. The van der Waals surface area contributed by atoms with E-state index in [0.29, 0.717) is 5.92 Å². The number of unbranched alkanes of at least 4 members (excludes halogenated alkanes) is 1. The molecule has 0 aromatic carbocycles. The molecule has 0 N–H and O–H groups in total. The van der Waals surface area contributed by atoms with Gasteiger partial charge in [0.2, 0.25) is 6.43 Å². The molecule has 0 amide bonds. The fourth-order valence-electron chi connectivity index (χ4n) is 5.91. The monoisotopic (exact) mass is 364 g/mol. The first-order valence-corrected chi connectivity index (χ1v) is 11.2. The summed E-state index contributed by atoms with van der Waals surface area (Å²) in [6, 6.07) is 0. The Balaban J connectivity index is 1.39. The van der Waals surface area contributed by atoms with Gasteiger partial charge in [-0.15, -0.1) is 6.58 Å². The molecule has 0 aliphatic heterocycles. The van der Waals surface area contributed by atoms with Crippen molar-refractivity contribution in [3.8, 4) is 0 Å². The average molecular weight is 365 g/mol. The molecule has 2 saturated carbocycles. The lowest BCUT2D eigenvalue weighted by atomic mass is 9.68. The lowest BCUT2D eigenvalue weighted by molar-refractivity contribution is 0.0491. The second kappa shape index (κ2) is 10.0. The Morgan fingerprint density at radius 3 is 2.27 bits per heavy atom. The molecule has 3 aliphatic carbocycles. The third kappa shape index (κ3) is 5.42. The van der Waals surface area contributed by atoms with Crippen LogP contribution in [0, 0.1) is 29.6 Å². The predicted octanol–water partition coefficient (Wildman–Crippen LogP) is 7.95. The van der Waals surface area contributed by atoms with E-state index in [2.05, 4.69) is 18.7 Å². The van der Waals surface area contributed by atoms with E-state index in [1.807, 2.05) is 0 Å². The molecule has 0 radical (unpaired) electrons. The van der Waals surface area contributed by atoms with E-state index >= 15 is 0 Å². The molecule has 0 aromatic rings. The van der Waals surface area contributed by atoms with Crippen molar-refractivity contribution < 1.29 is 8.78 Å². The summed E-state index contributed by atoms with van der Waals surface area (Å²) in [4.78, 5) is 0. The van der Waals surface area contributed by atoms with Gasteiger partial charge in [-0.2, -0.15) is 0 Å². The van der Waals surface area contributed by atoms with Crippen molar-refractivity contribution in [2.24, 2.45) is 29.6 Å². The Morgan fingerprint density at radius 1 is 0.962 bits per heavy atom. The normalized spacial score (nSPS) is 36.0. The summed E-state index contributed by atoms with van der Waals surface area (Å²) in [6.07, 6.45) is 19.4. The van der Waals surface area contributed by atoms with Gasteiger partial charge in [0.15, 0.2) is 0 Å². The largest absolute Gasteiger partial charge is 0.241 e. The minimum Gasteiger partial charge on any atom is -0.210 e. The zero-order valence-corrected chi connectivity index (χ0v) is 16.5. The summed E-state index contributed by atoms with van der Waals surface area (Å²) in [5.41, 5.74) is 1.62. The SMILES string of the molecule is C=CCCCC1CCC(C2CC=C(C3CCC(C(F)F)CC3)CC2)CC1. The van der Waals surface area contributed by atoms with E-state index < -0.39 is 6.43 Å². The highest BCUT2D eigenvalue weighted by atomic mass is 19.3. The first kappa shape index (κ1) is 20.1. The summed E-state index contributed by atoms with van der Waals surface area (Å²) in [7, 11) is 0. The Kier molecular flexibility index (Phi) is 7.76. The van der Waals surface area contributed by atoms with Gasteiger partial charge in [-0.1, -0.05) is 37.0 Å². The van der Waals surface area contributed by atoms with Crippen LogP contribution in [0.3, 0.4) is 0 Å². The third-order valence-electron chi connectivity index (χ3n) is 7.72. The molecule has 3 rings (SSSR count). The zero-order valence-electron chi connectivity index (χ0n) is 16.5. The van der Waals surface area contributed by atoms with E-state index in [1.54, 1.807) is 5.57 Å². The fraction of sp³-hybridized carbons (Fsp3) is 0.833. The number of alkyl halides is 2. The minimum absolute atomic E-state index is 0.329. The Bertz CT molecular complexity index is 451. The molecular weight excluding hydrogens is 326 g/mol. The smallest absolute Gasteiger partial charge is 0.210 e. The van der Waals surface area contributed by atoms with Crippen LogP contribution < -0.4 is 0 Å². The predicted molar refractivity (Wildman–Crippen MR) is 106 cm³/mol. The molecule has 1 unspecified atom stereocenters. The number of halogens is 2. The molecular formula is C24H38F2. The van der Waals surface area contributed by atoms with E-state index in [9.17, 15) is 8.78 Å². The summed E-state index contributed by atoms with van der Waals surface area (Å²) in [5, 5.41) is 0. The Hall–Kier alpha value is -0.660. The van der Waals surface area contributed by atoms with E-state index in [0.717, 1.165) is 43.4 Å². The zero-order chi connectivity index (χ0) is 18.4. The highest BCUT2D eigenvalue weighted by molar-refractivity contribution is 5.12. The topological polar surface area (TPSA) is 0 Å². The maximum Gasteiger partial charge on any atom is 0.241 e. The molecule has 148 valence electrons. The van der Waals surface area contributed by atoms with Crippen molar-refractivity contribution >= 4 is 0 Å².